The lowest BCUT2D eigenvalue weighted by Gasteiger charge is -2.23. The minimum atomic E-state index is -1.07. The standard InChI is InChI=1S/C21H24N2O5/c1-12-7-6-8-15(11-12)22-18(24)14(3)28-21(27)13(2)23-19(25)16-9-4-5-10-17(16)20(23)26/h4-8,11,13-14,16-17H,9-10H2,1-3H3,(H,22,24)/t13-,14-,16+,17+/m0/s1. The van der Waals surface area contributed by atoms with E-state index in [2.05, 4.69) is 5.32 Å². The molecule has 0 radical (unpaired) electrons. The van der Waals surface area contributed by atoms with Crippen molar-refractivity contribution in [1.29, 1.82) is 0 Å². The van der Waals surface area contributed by atoms with Crippen molar-refractivity contribution >= 4 is 29.4 Å². The third-order valence-corrected chi connectivity index (χ3v) is 5.22. The molecule has 1 fully saturated rings. The van der Waals surface area contributed by atoms with Crippen LogP contribution >= 0.6 is 0 Å². The van der Waals surface area contributed by atoms with Crippen LogP contribution in [0.3, 0.4) is 0 Å². The van der Waals surface area contributed by atoms with Gasteiger partial charge in [-0.05, 0) is 51.3 Å². The van der Waals surface area contributed by atoms with Crippen molar-refractivity contribution in [2.75, 3.05) is 5.32 Å². The normalized spacial score (nSPS) is 23.2. The second-order valence-electron chi connectivity index (χ2n) is 7.32. The Balaban J connectivity index is 1.61. The molecule has 1 aliphatic heterocycles. The van der Waals surface area contributed by atoms with Crippen LogP contribution in [0.1, 0.15) is 32.3 Å². The zero-order valence-corrected chi connectivity index (χ0v) is 16.2. The Morgan fingerprint density at radius 2 is 1.71 bits per heavy atom. The molecule has 7 heteroatoms. The number of hydrogen-bond acceptors (Lipinski definition) is 5. The molecule has 1 saturated heterocycles. The van der Waals surface area contributed by atoms with Crippen molar-refractivity contribution in [3.63, 3.8) is 0 Å². The van der Waals surface area contributed by atoms with Gasteiger partial charge in [0.1, 0.15) is 6.04 Å². The van der Waals surface area contributed by atoms with Gasteiger partial charge in [0.2, 0.25) is 11.8 Å². The van der Waals surface area contributed by atoms with Gasteiger partial charge in [-0.15, -0.1) is 0 Å². The zero-order chi connectivity index (χ0) is 20.4. The molecule has 4 atom stereocenters. The van der Waals surface area contributed by atoms with E-state index in [1.165, 1.54) is 13.8 Å². The number of rotatable bonds is 5. The Labute approximate surface area is 163 Å². The smallest absolute Gasteiger partial charge is 0.329 e. The lowest BCUT2D eigenvalue weighted by molar-refractivity contribution is -0.163. The van der Waals surface area contributed by atoms with E-state index in [1.807, 2.05) is 31.2 Å². The molecule has 0 aromatic heterocycles. The summed E-state index contributed by atoms with van der Waals surface area (Å²) in [6, 6.07) is 6.17. The van der Waals surface area contributed by atoms with E-state index in [-0.39, 0.29) is 11.8 Å². The van der Waals surface area contributed by atoms with Crippen molar-refractivity contribution in [2.45, 2.75) is 45.8 Å². The fourth-order valence-electron chi connectivity index (χ4n) is 3.61. The number of hydrogen-bond donors (Lipinski definition) is 1. The first kappa shape index (κ1) is 19.8. The Morgan fingerprint density at radius 3 is 2.29 bits per heavy atom. The predicted molar refractivity (Wildman–Crippen MR) is 102 cm³/mol. The quantitative estimate of drug-likeness (QED) is 0.477. The molecule has 0 bridgehead atoms. The van der Waals surface area contributed by atoms with Crippen LogP contribution in [-0.4, -0.2) is 40.7 Å². The van der Waals surface area contributed by atoms with Gasteiger partial charge in [0, 0.05) is 5.69 Å². The fourth-order valence-corrected chi connectivity index (χ4v) is 3.61. The summed E-state index contributed by atoms with van der Waals surface area (Å²) in [6.07, 6.45) is 3.71. The van der Waals surface area contributed by atoms with Gasteiger partial charge < -0.3 is 10.1 Å². The van der Waals surface area contributed by atoms with Gasteiger partial charge in [-0.25, -0.2) is 4.79 Å². The molecule has 0 saturated carbocycles. The van der Waals surface area contributed by atoms with Gasteiger partial charge >= 0.3 is 5.97 Å². The van der Waals surface area contributed by atoms with Crippen molar-refractivity contribution in [3.8, 4) is 0 Å². The number of nitrogens with zero attached hydrogens (tertiary/aromatic N) is 1. The molecule has 1 heterocycles. The Hall–Kier alpha value is -2.96. The molecule has 1 N–H and O–H groups in total. The minimum Gasteiger partial charge on any atom is -0.451 e. The highest BCUT2D eigenvalue weighted by Gasteiger charge is 2.50. The van der Waals surface area contributed by atoms with E-state index in [0.29, 0.717) is 18.5 Å². The van der Waals surface area contributed by atoms with Crippen LogP contribution in [0.2, 0.25) is 0 Å². The van der Waals surface area contributed by atoms with E-state index in [4.69, 9.17) is 4.74 Å². The summed E-state index contributed by atoms with van der Waals surface area (Å²) in [5, 5.41) is 2.68. The number of likely N-dealkylation sites (tertiary alicyclic amines) is 1. The summed E-state index contributed by atoms with van der Waals surface area (Å²) < 4.78 is 5.23. The maximum atomic E-state index is 12.6. The molecule has 28 heavy (non-hydrogen) atoms. The minimum absolute atomic E-state index is 0.347. The first-order valence-corrected chi connectivity index (χ1v) is 9.39. The van der Waals surface area contributed by atoms with Crippen LogP contribution in [0.4, 0.5) is 5.69 Å². The zero-order valence-electron chi connectivity index (χ0n) is 16.2. The summed E-state index contributed by atoms with van der Waals surface area (Å²) in [7, 11) is 0. The average molecular weight is 384 g/mol. The Morgan fingerprint density at radius 1 is 1.11 bits per heavy atom. The maximum absolute atomic E-state index is 12.6. The molecule has 1 aromatic carbocycles. The molecule has 148 valence electrons. The summed E-state index contributed by atoms with van der Waals surface area (Å²) in [6.45, 7) is 4.80. The molecular weight excluding hydrogens is 360 g/mol. The van der Waals surface area contributed by atoms with E-state index in [0.717, 1.165) is 10.5 Å². The maximum Gasteiger partial charge on any atom is 0.329 e. The van der Waals surface area contributed by atoms with Crippen molar-refractivity contribution < 1.29 is 23.9 Å². The van der Waals surface area contributed by atoms with Crippen LogP contribution in [-0.2, 0) is 23.9 Å². The van der Waals surface area contributed by atoms with E-state index >= 15 is 0 Å². The lowest BCUT2D eigenvalue weighted by atomic mass is 9.85. The van der Waals surface area contributed by atoms with Gasteiger partial charge in [-0.2, -0.15) is 0 Å². The number of ether oxygens (including phenoxy) is 1. The summed E-state index contributed by atoms with van der Waals surface area (Å²) in [4.78, 5) is 50.9. The molecule has 7 nitrogen and oxygen atoms in total. The van der Waals surface area contributed by atoms with Gasteiger partial charge in [-0.3, -0.25) is 19.3 Å². The number of esters is 1. The van der Waals surface area contributed by atoms with Crippen LogP contribution < -0.4 is 5.32 Å². The van der Waals surface area contributed by atoms with Crippen molar-refractivity contribution in [1.82, 2.24) is 4.90 Å². The topological polar surface area (TPSA) is 92.8 Å². The van der Waals surface area contributed by atoms with Crippen LogP contribution in [0.15, 0.2) is 36.4 Å². The third kappa shape index (κ3) is 3.83. The number of benzene rings is 1. The molecule has 1 aliphatic carbocycles. The van der Waals surface area contributed by atoms with E-state index in [9.17, 15) is 19.2 Å². The van der Waals surface area contributed by atoms with E-state index in [1.54, 1.807) is 12.1 Å². The molecule has 1 aromatic rings. The van der Waals surface area contributed by atoms with Gasteiger partial charge in [0.05, 0.1) is 11.8 Å². The highest BCUT2D eigenvalue weighted by atomic mass is 16.5. The summed E-state index contributed by atoms with van der Waals surface area (Å²) in [5.74, 6) is -2.77. The predicted octanol–water partition coefficient (Wildman–Crippen LogP) is 2.20. The average Bonchev–Trinajstić information content (AvgIpc) is 2.92. The fraction of sp³-hybridized carbons (Fsp3) is 0.429. The SMILES string of the molecule is Cc1cccc(NC(=O)[C@H](C)OC(=O)[C@H](C)N2C(=O)[C@@H]3CC=CC[C@H]3C2=O)c1. The molecular formula is C21H24N2O5. The van der Waals surface area contributed by atoms with Crippen LogP contribution in [0.25, 0.3) is 0 Å². The first-order chi connectivity index (χ1) is 13.3. The number of imide groups is 1. The van der Waals surface area contributed by atoms with Crippen molar-refractivity contribution in [3.05, 3.63) is 42.0 Å². The van der Waals surface area contributed by atoms with Gasteiger partial charge in [-0.1, -0.05) is 24.3 Å². The number of aryl methyl sites for hydroxylation is 1. The van der Waals surface area contributed by atoms with Gasteiger partial charge in [0.15, 0.2) is 6.10 Å². The number of amides is 3. The second kappa shape index (κ2) is 7.96. The number of nitrogens with one attached hydrogen (secondary N) is 1. The Kier molecular flexibility index (Phi) is 5.63. The highest BCUT2D eigenvalue weighted by Crippen LogP contribution is 2.36. The van der Waals surface area contributed by atoms with Gasteiger partial charge in [0.25, 0.3) is 5.91 Å². The largest absolute Gasteiger partial charge is 0.451 e. The Bertz CT molecular complexity index is 821. The van der Waals surface area contributed by atoms with Crippen LogP contribution in [0, 0.1) is 18.8 Å². The molecule has 0 spiro atoms. The molecule has 2 aliphatic rings. The number of carbonyl (C=O) groups excluding carboxylic acids is 4. The highest BCUT2D eigenvalue weighted by molar-refractivity contribution is 6.08. The third-order valence-electron chi connectivity index (χ3n) is 5.22. The van der Waals surface area contributed by atoms with Crippen LogP contribution in [0.5, 0.6) is 0 Å². The number of fused-ring (bicyclic) bond motifs is 1. The number of carbonyl (C=O) groups is 4. The van der Waals surface area contributed by atoms with Crippen molar-refractivity contribution in [2.24, 2.45) is 11.8 Å². The summed E-state index contributed by atoms with van der Waals surface area (Å²) in [5.41, 5.74) is 1.58. The molecule has 3 rings (SSSR count). The molecule has 0 unspecified atom stereocenters. The van der Waals surface area contributed by atoms with E-state index < -0.39 is 35.9 Å². The first-order valence-electron chi connectivity index (χ1n) is 9.39. The number of allylic oxidation sites excluding steroid dienone is 2. The number of anilines is 1. The molecule has 3 amide bonds. The summed E-state index contributed by atoms with van der Waals surface area (Å²) >= 11 is 0. The lowest BCUT2D eigenvalue weighted by Crippen LogP contribution is -2.46. The second-order valence-corrected chi connectivity index (χ2v) is 7.32. The monoisotopic (exact) mass is 384 g/mol.